The Morgan fingerprint density at radius 2 is 1.72 bits per heavy atom. The third-order valence-electron chi connectivity index (χ3n) is 4.92. The van der Waals surface area contributed by atoms with Gasteiger partial charge in [-0.25, -0.2) is 0 Å². The van der Waals surface area contributed by atoms with E-state index in [9.17, 15) is 22.8 Å². The number of carbonyl (C=O) groups is 1. The van der Waals surface area contributed by atoms with E-state index < -0.39 is 17.6 Å². The molecule has 4 rings (SSSR count). The highest BCUT2D eigenvalue weighted by Gasteiger charge is 2.30. The summed E-state index contributed by atoms with van der Waals surface area (Å²) in [5.74, 6) is -0.571. The van der Waals surface area contributed by atoms with Gasteiger partial charge in [-0.05, 0) is 42.8 Å². The van der Waals surface area contributed by atoms with Crippen molar-refractivity contribution in [2.45, 2.75) is 26.1 Å². The zero-order valence-corrected chi connectivity index (χ0v) is 17.1. The number of carbonyl (C=O) groups excluding carboxylic acids is 1. The number of halogens is 3. The Kier molecular flexibility index (Phi) is 5.56. The van der Waals surface area contributed by atoms with Crippen LogP contribution in [-0.2, 0) is 12.7 Å². The molecule has 0 fully saturated rings. The minimum atomic E-state index is -4.46. The summed E-state index contributed by atoms with van der Waals surface area (Å²) in [5, 5.41) is 6.97. The molecular weight excluding hydrogens is 421 g/mol. The van der Waals surface area contributed by atoms with E-state index in [0.717, 1.165) is 18.6 Å². The number of aromatic nitrogens is 3. The third kappa shape index (κ3) is 4.14. The predicted octanol–water partition coefficient (Wildman–Crippen LogP) is 4.82. The SMILES string of the molecule is CCCn1cc(C(=O)Nc2ccc(C(F)(F)F)cc2)c2nn(-c3ccccc3)c(=O)c-2c1. The van der Waals surface area contributed by atoms with E-state index in [1.807, 2.05) is 13.0 Å². The van der Waals surface area contributed by atoms with Gasteiger partial charge in [0.1, 0.15) is 5.69 Å². The fourth-order valence-electron chi connectivity index (χ4n) is 3.40. The number of alkyl halides is 3. The monoisotopic (exact) mass is 440 g/mol. The molecule has 32 heavy (non-hydrogen) atoms. The molecule has 1 N–H and O–H groups in total. The normalized spacial score (nSPS) is 11.6. The molecule has 2 aromatic carbocycles. The summed E-state index contributed by atoms with van der Waals surface area (Å²) in [5.41, 5.74) is 0.244. The van der Waals surface area contributed by atoms with E-state index in [4.69, 9.17) is 0 Å². The highest BCUT2D eigenvalue weighted by atomic mass is 19.4. The Hall–Kier alpha value is -3.88. The molecule has 0 aromatic heterocycles. The van der Waals surface area contributed by atoms with Crippen molar-refractivity contribution in [3.05, 3.63) is 88.5 Å². The maximum atomic E-state index is 13.0. The van der Waals surface area contributed by atoms with Crippen LogP contribution in [0.1, 0.15) is 29.3 Å². The number of fused-ring (bicyclic) bond motifs is 1. The van der Waals surface area contributed by atoms with E-state index in [2.05, 4.69) is 10.4 Å². The number of amides is 1. The van der Waals surface area contributed by atoms with Crippen LogP contribution in [0.25, 0.3) is 16.9 Å². The van der Waals surface area contributed by atoms with Crippen molar-refractivity contribution in [2.75, 3.05) is 5.32 Å². The van der Waals surface area contributed by atoms with Crippen LogP contribution < -0.4 is 10.9 Å². The number of hydrogen-bond donors (Lipinski definition) is 1. The van der Waals surface area contributed by atoms with Gasteiger partial charge < -0.3 is 9.88 Å². The molecule has 0 unspecified atom stereocenters. The van der Waals surface area contributed by atoms with Gasteiger partial charge in [0.2, 0.25) is 0 Å². The molecule has 0 bridgehead atoms. The fourth-order valence-corrected chi connectivity index (χ4v) is 3.40. The summed E-state index contributed by atoms with van der Waals surface area (Å²) in [6.07, 6.45) is -0.443. The van der Waals surface area contributed by atoms with E-state index >= 15 is 0 Å². The average molecular weight is 440 g/mol. The van der Waals surface area contributed by atoms with Crippen molar-refractivity contribution >= 4 is 11.6 Å². The molecule has 0 atom stereocenters. The smallest absolute Gasteiger partial charge is 0.353 e. The van der Waals surface area contributed by atoms with Crippen LogP contribution in [0.2, 0.25) is 0 Å². The Balaban J connectivity index is 1.75. The minimum absolute atomic E-state index is 0.155. The summed E-state index contributed by atoms with van der Waals surface area (Å²) in [6, 6.07) is 13.0. The molecule has 9 heteroatoms. The lowest BCUT2D eigenvalue weighted by Gasteiger charge is -2.13. The molecule has 0 aliphatic carbocycles. The Morgan fingerprint density at radius 1 is 1.03 bits per heavy atom. The molecule has 0 spiro atoms. The molecule has 164 valence electrons. The van der Waals surface area contributed by atoms with Crippen LogP contribution in [0.15, 0.2) is 71.8 Å². The Labute approximate surface area is 181 Å². The second-order valence-electron chi connectivity index (χ2n) is 7.25. The van der Waals surface area contributed by atoms with Gasteiger partial charge in [-0.2, -0.15) is 23.0 Å². The Morgan fingerprint density at radius 3 is 2.34 bits per heavy atom. The number of rotatable bonds is 5. The second kappa shape index (κ2) is 8.33. The first-order chi connectivity index (χ1) is 15.3. The first kappa shape index (κ1) is 21.4. The summed E-state index contributed by atoms with van der Waals surface area (Å²) < 4.78 is 41.3. The van der Waals surface area contributed by atoms with Crippen LogP contribution >= 0.6 is 0 Å². The molecule has 0 saturated heterocycles. The maximum absolute atomic E-state index is 13.0. The zero-order chi connectivity index (χ0) is 22.9. The number of pyridine rings is 1. The van der Waals surface area contributed by atoms with Gasteiger partial charge in [0, 0.05) is 24.6 Å². The van der Waals surface area contributed by atoms with Crippen LogP contribution in [0.5, 0.6) is 0 Å². The largest absolute Gasteiger partial charge is 0.416 e. The van der Waals surface area contributed by atoms with Crippen LogP contribution in [0.4, 0.5) is 18.9 Å². The third-order valence-corrected chi connectivity index (χ3v) is 4.92. The van der Waals surface area contributed by atoms with Gasteiger partial charge in [0.25, 0.3) is 11.5 Å². The standard InChI is InChI=1S/C23H19F3N4O2/c1-2-12-29-13-18(21(31)27-16-10-8-15(9-11-16)23(24,25)26)20-19(14-29)22(32)30(28-20)17-6-4-3-5-7-17/h3-11,13-14H,2,12H2,1H3,(H,27,31). The molecule has 6 nitrogen and oxygen atoms in total. The van der Waals surface area contributed by atoms with E-state index in [0.29, 0.717) is 12.2 Å². The fraction of sp³-hybridized carbons (Fsp3) is 0.174. The number of benzene rings is 2. The van der Waals surface area contributed by atoms with Gasteiger partial charge in [-0.1, -0.05) is 25.1 Å². The quantitative estimate of drug-likeness (QED) is 0.484. The van der Waals surface area contributed by atoms with Crippen molar-refractivity contribution in [3.63, 3.8) is 0 Å². The van der Waals surface area contributed by atoms with Gasteiger partial charge in [0.15, 0.2) is 0 Å². The number of hydrogen-bond acceptors (Lipinski definition) is 3. The maximum Gasteiger partial charge on any atom is 0.416 e. The first-order valence-corrected chi connectivity index (χ1v) is 9.95. The molecular formula is C23H19F3N4O2. The zero-order valence-electron chi connectivity index (χ0n) is 17.1. The summed E-state index contributed by atoms with van der Waals surface area (Å²) in [6.45, 7) is 2.54. The number of nitrogens with one attached hydrogen (secondary N) is 1. The number of para-hydroxylation sites is 1. The van der Waals surface area contributed by atoms with Gasteiger partial charge >= 0.3 is 6.18 Å². The van der Waals surface area contributed by atoms with Gasteiger partial charge in [-0.15, -0.1) is 0 Å². The lowest BCUT2D eigenvalue weighted by Crippen LogP contribution is -2.17. The van der Waals surface area contributed by atoms with Crippen molar-refractivity contribution in [1.82, 2.24) is 14.3 Å². The molecule has 0 saturated carbocycles. The van der Waals surface area contributed by atoms with Crippen LogP contribution in [0, 0.1) is 0 Å². The highest BCUT2D eigenvalue weighted by molar-refractivity contribution is 6.08. The topological polar surface area (TPSA) is 68.9 Å². The lowest BCUT2D eigenvalue weighted by molar-refractivity contribution is -0.137. The molecule has 0 radical (unpaired) electrons. The first-order valence-electron chi connectivity index (χ1n) is 9.95. The molecule has 1 amide bonds. The lowest BCUT2D eigenvalue weighted by atomic mass is 10.1. The molecule has 2 heterocycles. The number of anilines is 1. The van der Waals surface area contributed by atoms with Crippen molar-refractivity contribution < 1.29 is 18.0 Å². The Bertz CT molecular complexity index is 1280. The molecule has 2 aliphatic rings. The van der Waals surface area contributed by atoms with Gasteiger partial charge in [-0.3, -0.25) is 9.59 Å². The molecule has 2 aliphatic heterocycles. The van der Waals surface area contributed by atoms with Gasteiger partial charge in [0.05, 0.1) is 22.4 Å². The average Bonchev–Trinajstić information content (AvgIpc) is 3.10. The second-order valence-corrected chi connectivity index (χ2v) is 7.25. The summed E-state index contributed by atoms with van der Waals surface area (Å²) in [4.78, 5) is 26.0. The van der Waals surface area contributed by atoms with E-state index in [1.165, 1.54) is 16.8 Å². The predicted molar refractivity (Wildman–Crippen MR) is 114 cm³/mol. The van der Waals surface area contributed by atoms with Crippen molar-refractivity contribution in [1.29, 1.82) is 0 Å². The summed E-state index contributed by atoms with van der Waals surface area (Å²) in [7, 11) is 0. The minimum Gasteiger partial charge on any atom is -0.353 e. The van der Waals surface area contributed by atoms with Crippen molar-refractivity contribution in [3.8, 4) is 16.9 Å². The number of nitrogens with zero attached hydrogens (tertiary/aromatic N) is 3. The highest BCUT2D eigenvalue weighted by Crippen LogP contribution is 2.30. The van der Waals surface area contributed by atoms with Crippen LogP contribution in [0.3, 0.4) is 0 Å². The van der Waals surface area contributed by atoms with E-state index in [1.54, 1.807) is 41.2 Å². The van der Waals surface area contributed by atoms with Crippen molar-refractivity contribution in [2.24, 2.45) is 0 Å². The molecule has 2 aromatic rings. The van der Waals surface area contributed by atoms with Crippen LogP contribution in [-0.4, -0.2) is 20.3 Å². The van der Waals surface area contributed by atoms with E-state index in [-0.39, 0.29) is 28.1 Å². The summed E-state index contributed by atoms with van der Waals surface area (Å²) >= 11 is 0. The number of aryl methyl sites for hydroxylation is 1.